The van der Waals surface area contributed by atoms with Crippen LogP contribution in [0.5, 0.6) is 0 Å². The Kier molecular flexibility index (Phi) is 4.90. The van der Waals surface area contributed by atoms with Crippen LogP contribution in [-0.2, 0) is 10.0 Å². The summed E-state index contributed by atoms with van der Waals surface area (Å²) in [6.45, 7) is 4.18. The van der Waals surface area contributed by atoms with Gasteiger partial charge in [-0.1, -0.05) is 6.42 Å². The normalized spacial score (nSPS) is 18.5. The molecule has 1 fully saturated rings. The Morgan fingerprint density at radius 2 is 1.84 bits per heavy atom. The molecular formula is C21H23N5O4S. The summed E-state index contributed by atoms with van der Waals surface area (Å²) in [6.07, 6.45) is 4.49. The van der Waals surface area contributed by atoms with Crippen LogP contribution in [0.4, 0.5) is 11.6 Å². The van der Waals surface area contributed by atoms with E-state index in [-0.39, 0.29) is 10.8 Å². The van der Waals surface area contributed by atoms with E-state index in [4.69, 9.17) is 4.42 Å². The van der Waals surface area contributed by atoms with Crippen LogP contribution >= 0.6 is 0 Å². The van der Waals surface area contributed by atoms with Crippen LogP contribution in [0, 0.1) is 6.92 Å². The van der Waals surface area contributed by atoms with Gasteiger partial charge in [-0.05, 0) is 44.0 Å². The van der Waals surface area contributed by atoms with Gasteiger partial charge in [-0.2, -0.15) is 4.31 Å². The molecule has 1 N–H and O–H groups in total. The first-order valence-electron chi connectivity index (χ1n) is 10.4. The van der Waals surface area contributed by atoms with Gasteiger partial charge in [0.1, 0.15) is 17.9 Å². The number of fused-ring (bicyclic) bond motifs is 3. The third kappa shape index (κ3) is 3.45. The third-order valence-electron chi connectivity index (χ3n) is 5.77. The molecule has 9 nitrogen and oxygen atoms in total. The second-order valence-corrected chi connectivity index (χ2v) is 9.74. The molecule has 4 heterocycles. The van der Waals surface area contributed by atoms with E-state index in [1.165, 1.54) is 16.4 Å². The number of anilines is 1. The summed E-state index contributed by atoms with van der Waals surface area (Å²) in [4.78, 5) is 24.0. The number of hydrogen-bond acceptors (Lipinski definition) is 7. The Morgan fingerprint density at radius 3 is 2.58 bits per heavy atom. The summed E-state index contributed by atoms with van der Waals surface area (Å²) in [5.41, 5.74) is 1.49. The Morgan fingerprint density at radius 1 is 1.10 bits per heavy atom. The van der Waals surface area contributed by atoms with Gasteiger partial charge in [0.15, 0.2) is 0 Å². The van der Waals surface area contributed by atoms with Crippen LogP contribution in [-0.4, -0.2) is 61.9 Å². The van der Waals surface area contributed by atoms with Gasteiger partial charge in [-0.15, -0.1) is 0 Å². The number of hydrogen-bond donors (Lipinski definition) is 1. The van der Waals surface area contributed by atoms with E-state index in [0.717, 1.165) is 25.8 Å². The summed E-state index contributed by atoms with van der Waals surface area (Å²) < 4.78 is 32.8. The molecule has 10 heteroatoms. The Labute approximate surface area is 180 Å². The van der Waals surface area contributed by atoms with Crippen LogP contribution in [0.2, 0.25) is 0 Å². The number of carbonyl (C=O) groups excluding carboxylic acids is 1. The fourth-order valence-electron chi connectivity index (χ4n) is 4.18. The fourth-order valence-corrected chi connectivity index (χ4v) is 5.69. The second-order valence-electron chi connectivity index (χ2n) is 7.80. The molecule has 3 aliphatic rings. The number of sulfonamides is 1. The van der Waals surface area contributed by atoms with Gasteiger partial charge >= 0.3 is 0 Å². The van der Waals surface area contributed by atoms with Crippen molar-refractivity contribution in [1.29, 1.82) is 0 Å². The zero-order valence-electron chi connectivity index (χ0n) is 17.2. The number of piperidine rings is 1. The quantitative estimate of drug-likeness (QED) is 0.785. The number of nitrogens with zero attached hydrogens (tertiary/aromatic N) is 4. The zero-order chi connectivity index (χ0) is 21.6. The Balaban J connectivity index is 1.38. The summed E-state index contributed by atoms with van der Waals surface area (Å²) in [6, 6.07) is 6.27. The highest BCUT2D eigenvalue weighted by molar-refractivity contribution is 7.89. The summed E-state index contributed by atoms with van der Waals surface area (Å²) in [5, 5.41) is 2.84. The molecule has 0 saturated carbocycles. The number of amides is 1. The number of rotatable bonds is 4. The van der Waals surface area contributed by atoms with E-state index in [1.54, 1.807) is 25.4 Å². The second kappa shape index (κ2) is 7.61. The minimum absolute atomic E-state index is 0.231. The summed E-state index contributed by atoms with van der Waals surface area (Å²) in [5.74, 6) is 1.18. The van der Waals surface area contributed by atoms with E-state index >= 15 is 0 Å². The number of aliphatic imine (C=N–C) groups is 2. The predicted octanol–water partition coefficient (Wildman–Crippen LogP) is 2.75. The lowest BCUT2D eigenvalue weighted by Crippen LogP contribution is -2.35. The maximum atomic E-state index is 13.1. The monoisotopic (exact) mass is 441 g/mol. The maximum Gasteiger partial charge on any atom is 0.260 e. The average Bonchev–Trinajstić information content (AvgIpc) is 3.38. The number of furan rings is 1. The van der Waals surface area contributed by atoms with Crippen molar-refractivity contribution < 1.29 is 17.6 Å². The van der Waals surface area contributed by atoms with Gasteiger partial charge < -0.3 is 14.6 Å². The summed E-state index contributed by atoms with van der Waals surface area (Å²) >= 11 is 0. The lowest BCUT2D eigenvalue weighted by molar-refractivity contribution is 0.102. The minimum atomic E-state index is -3.51. The number of carbonyl (C=O) groups is 1. The minimum Gasteiger partial charge on any atom is -0.442 e. The molecule has 31 heavy (non-hydrogen) atoms. The van der Waals surface area contributed by atoms with Gasteiger partial charge in [0, 0.05) is 25.3 Å². The van der Waals surface area contributed by atoms with Crippen molar-refractivity contribution in [3.05, 3.63) is 41.2 Å². The molecular weight excluding hydrogens is 418 g/mol. The SMILES string of the molecule is Cc1oc2c(c1C(=O)Nc1ccc(S(=O)(=O)N3CCCCC3)cc1)C1=NCCN1C=N2. The first kappa shape index (κ1) is 20.0. The lowest BCUT2D eigenvalue weighted by atomic mass is 10.1. The highest BCUT2D eigenvalue weighted by Gasteiger charge is 2.33. The standard InChI is InChI=1S/C21H23N5O4S/c1-14-17(18-19-22-9-12-25(19)13-23-21(18)30-14)20(27)24-15-5-7-16(8-6-15)31(28,29)26-10-3-2-4-11-26/h5-8,13H,2-4,9-12H2,1H3,(H,24,27). The molecule has 162 valence electrons. The van der Waals surface area contributed by atoms with Crippen LogP contribution in [0.25, 0.3) is 0 Å². The van der Waals surface area contributed by atoms with Crippen LogP contribution in [0.1, 0.15) is 40.9 Å². The number of nitrogens with one attached hydrogen (secondary N) is 1. The van der Waals surface area contributed by atoms with E-state index in [9.17, 15) is 13.2 Å². The molecule has 5 rings (SSSR count). The number of benzene rings is 1. The fraction of sp³-hybridized carbons (Fsp3) is 0.381. The molecule has 1 amide bonds. The molecule has 0 radical (unpaired) electrons. The predicted molar refractivity (Wildman–Crippen MR) is 117 cm³/mol. The maximum absolute atomic E-state index is 13.1. The largest absolute Gasteiger partial charge is 0.442 e. The first-order valence-corrected chi connectivity index (χ1v) is 11.8. The molecule has 1 saturated heterocycles. The smallest absolute Gasteiger partial charge is 0.260 e. The van der Waals surface area contributed by atoms with E-state index < -0.39 is 10.0 Å². The molecule has 2 aromatic rings. The molecule has 0 spiro atoms. The number of amidine groups is 1. The van der Waals surface area contributed by atoms with Crippen molar-refractivity contribution >= 4 is 39.7 Å². The first-order chi connectivity index (χ1) is 14.9. The molecule has 0 unspecified atom stereocenters. The van der Waals surface area contributed by atoms with Crippen molar-refractivity contribution in [3.8, 4) is 0 Å². The number of aryl methyl sites for hydroxylation is 1. The zero-order valence-corrected chi connectivity index (χ0v) is 18.0. The molecule has 3 aliphatic heterocycles. The molecule has 0 bridgehead atoms. The third-order valence-corrected chi connectivity index (χ3v) is 7.68. The highest BCUT2D eigenvalue weighted by atomic mass is 32.2. The Hall–Kier alpha value is -2.98. The van der Waals surface area contributed by atoms with Gasteiger partial charge in [0.2, 0.25) is 15.9 Å². The van der Waals surface area contributed by atoms with Crippen molar-refractivity contribution in [2.24, 2.45) is 9.98 Å². The van der Waals surface area contributed by atoms with Crippen LogP contribution in [0.3, 0.4) is 0 Å². The van der Waals surface area contributed by atoms with Gasteiger partial charge in [-0.25, -0.2) is 13.4 Å². The van der Waals surface area contributed by atoms with Gasteiger partial charge in [-0.3, -0.25) is 9.79 Å². The van der Waals surface area contributed by atoms with E-state index in [1.807, 2.05) is 4.90 Å². The van der Waals surface area contributed by atoms with Crippen molar-refractivity contribution in [1.82, 2.24) is 9.21 Å². The van der Waals surface area contributed by atoms with Crippen molar-refractivity contribution in [2.45, 2.75) is 31.1 Å². The van der Waals surface area contributed by atoms with Crippen LogP contribution < -0.4 is 5.32 Å². The van der Waals surface area contributed by atoms with Crippen LogP contribution in [0.15, 0.2) is 43.6 Å². The molecule has 1 aromatic heterocycles. The highest BCUT2D eigenvalue weighted by Crippen LogP contribution is 2.34. The molecule has 1 aromatic carbocycles. The lowest BCUT2D eigenvalue weighted by Gasteiger charge is -2.25. The van der Waals surface area contributed by atoms with E-state index in [2.05, 4.69) is 15.3 Å². The van der Waals surface area contributed by atoms with Crippen molar-refractivity contribution in [2.75, 3.05) is 31.5 Å². The average molecular weight is 442 g/mol. The molecule has 0 aliphatic carbocycles. The summed E-state index contributed by atoms with van der Waals surface area (Å²) in [7, 11) is -3.51. The van der Waals surface area contributed by atoms with E-state index in [0.29, 0.717) is 53.9 Å². The van der Waals surface area contributed by atoms with Crippen molar-refractivity contribution in [3.63, 3.8) is 0 Å². The topological polar surface area (TPSA) is 108 Å². The van der Waals surface area contributed by atoms with Gasteiger partial charge in [0.05, 0.1) is 22.6 Å². The molecule has 0 atom stereocenters. The van der Waals surface area contributed by atoms with Gasteiger partial charge in [0.25, 0.3) is 5.91 Å². The Bertz CT molecular complexity index is 1190.